The summed E-state index contributed by atoms with van der Waals surface area (Å²) in [4.78, 5) is 0. The summed E-state index contributed by atoms with van der Waals surface area (Å²) in [5.74, 6) is 0. The first-order valence-corrected chi connectivity index (χ1v) is 5.20. The molecule has 0 unspecified atom stereocenters. The summed E-state index contributed by atoms with van der Waals surface area (Å²) in [6, 6.07) is 8.35. The minimum atomic E-state index is 1.04. The molecule has 0 heterocycles. The standard InChI is InChI=1S/C8H7I2N/c1-6-2-4-7(5-3-6)8(9)11-10/h2-5H,1H3/b11-8-. The normalized spacial score (nSPS) is 11.7. The van der Waals surface area contributed by atoms with E-state index in [1.54, 1.807) is 0 Å². The van der Waals surface area contributed by atoms with Crippen molar-refractivity contribution in [1.82, 2.24) is 0 Å². The van der Waals surface area contributed by atoms with Gasteiger partial charge in [-0.3, -0.25) is 0 Å². The predicted octanol–water partition coefficient (Wildman–Crippen LogP) is 3.53. The lowest BCUT2D eigenvalue weighted by Crippen LogP contribution is -1.87. The molecule has 3 heteroatoms. The van der Waals surface area contributed by atoms with Crippen molar-refractivity contribution in [2.24, 2.45) is 3.21 Å². The summed E-state index contributed by atoms with van der Waals surface area (Å²) in [7, 11) is 0. The van der Waals surface area contributed by atoms with Crippen molar-refractivity contribution >= 4 is 49.2 Å². The van der Waals surface area contributed by atoms with Gasteiger partial charge in [-0.1, -0.05) is 29.8 Å². The SMILES string of the molecule is Cc1ccc(/C(I)=N/I)cc1. The third-order valence-electron chi connectivity index (χ3n) is 1.36. The first kappa shape index (κ1) is 9.44. The molecule has 0 aliphatic carbocycles. The molecular formula is C8H7I2N. The van der Waals surface area contributed by atoms with E-state index < -0.39 is 0 Å². The molecule has 0 aromatic heterocycles. The van der Waals surface area contributed by atoms with Crippen molar-refractivity contribution in [2.45, 2.75) is 6.92 Å². The monoisotopic (exact) mass is 371 g/mol. The van der Waals surface area contributed by atoms with Gasteiger partial charge in [0.15, 0.2) is 0 Å². The van der Waals surface area contributed by atoms with Gasteiger partial charge in [-0.05, 0) is 29.5 Å². The molecule has 1 nitrogen and oxygen atoms in total. The molecule has 1 aromatic rings. The van der Waals surface area contributed by atoms with Crippen LogP contribution >= 0.6 is 45.5 Å². The Balaban J connectivity index is 2.99. The van der Waals surface area contributed by atoms with Crippen LogP contribution in [-0.2, 0) is 0 Å². The molecule has 0 saturated heterocycles. The van der Waals surface area contributed by atoms with E-state index in [2.05, 4.69) is 57.0 Å². The fourth-order valence-corrected chi connectivity index (χ4v) is 1.38. The maximum atomic E-state index is 4.06. The highest BCUT2D eigenvalue weighted by atomic mass is 127. The number of nitrogens with zero attached hydrogens (tertiary/aromatic N) is 1. The Labute approximate surface area is 93.9 Å². The quantitative estimate of drug-likeness (QED) is 0.529. The van der Waals surface area contributed by atoms with Crippen LogP contribution in [0.25, 0.3) is 0 Å². The van der Waals surface area contributed by atoms with Crippen molar-refractivity contribution < 1.29 is 0 Å². The van der Waals surface area contributed by atoms with Crippen LogP contribution in [-0.4, -0.2) is 3.72 Å². The Morgan fingerprint density at radius 2 is 1.82 bits per heavy atom. The van der Waals surface area contributed by atoms with E-state index in [0.717, 1.165) is 3.72 Å². The number of halogens is 2. The van der Waals surface area contributed by atoms with Crippen LogP contribution in [0.4, 0.5) is 0 Å². The second kappa shape index (κ2) is 4.39. The summed E-state index contributed by atoms with van der Waals surface area (Å²) < 4.78 is 5.11. The minimum absolute atomic E-state index is 1.04. The minimum Gasteiger partial charge on any atom is -0.208 e. The topological polar surface area (TPSA) is 12.4 Å². The molecule has 58 valence electrons. The molecule has 0 atom stereocenters. The van der Waals surface area contributed by atoms with Gasteiger partial charge in [-0.2, -0.15) is 0 Å². The van der Waals surface area contributed by atoms with Crippen molar-refractivity contribution in [3.8, 4) is 0 Å². The van der Waals surface area contributed by atoms with Crippen molar-refractivity contribution in [3.05, 3.63) is 35.4 Å². The van der Waals surface area contributed by atoms with E-state index in [0.29, 0.717) is 0 Å². The van der Waals surface area contributed by atoms with Crippen molar-refractivity contribution in [1.29, 1.82) is 0 Å². The lowest BCUT2D eigenvalue weighted by atomic mass is 10.2. The Morgan fingerprint density at radius 3 is 2.27 bits per heavy atom. The zero-order chi connectivity index (χ0) is 8.27. The number of hydrogen-bond acceptors (Lipinski definition) is 1. The Morgan fingerprint density at radius 1 is 1.27 bits per heavy atom. The molecule has 1 rings (SSSR count). The van der Waals surface area contributed by atoms with Crippen LogP contribution in [0.15, 0.2) is 27.5 Å². The number of rotatable bonds is 1. The first-order valence-electron chi connectivity index (χ1n) is 3.15. The van der Waals surface area contributed by atoms with Crippen LogP contribution in [0.2, 0.25) is 0 Å². The van der Waals surface area contributed by atoms with E-state index in [-0.39, 0.29) is 0 Å². The average Bonchev–Trinajstić information content (AvgIpc) is 2.05. The molecule has 0 saturated carbocycles. The largest absolute Gasteiger partial charge is 0.208 e. The van der Waals surface area contributed by atoms with E-state index >= 15 is 0 Å². The lowest BCUT2D eigenvalue weighted by Gasteiger charge is -1.96. The Hall–Kier alpha value is 0.350. The smallest absolute Gasteiger partial charge is 0.115 e. The fraction of sp³-hybridized carbons (Fsp3) is 0.125. The highest BCUT2D eigenvalue weighted by Gasteiger charge is 1.95. The first-order chi connectivity index (χ1) is 5.24. The average molecular weight is 371 g/mol. The highest BCUT2D eigenvalue weighted by Crippen LogP contribution is 2.10. The molecule has 0 aliphatic heterocycles. The maximum Gasteiger partial charge on any atom is 0.115 e. The highest BCUT2D eigenvalue weighted by molar-refractivity contribution is 14.1. The summed E-state index contributed by atoms with van der Waals surface area (Å²) in [5.41, 5.74) is 2.47. The zero-order valence-corrected chi connectivity index (χ0v) is 10.3. The van der Waals surface area contributed by atoms with Crippen molar-refractivity contribution in [2.75, 3.05) is 0 Å². The van der Waals surface area contributed by atoms with Crippen molar-refractivity contribution in [3.63, 3.8) is 0 Å². The van der Waals surface area contributed by atoms with Crippen LogP contribution in [0.5, 0.6) is 0 Å². The maximum absolute atomic E-state index is 4.06. The molecular weight excluding hydrogens is 364 g/mol. The van der Waals surface area contributed by atoms with Gasteiger partial charge in [-0.15, -0.1) is 0 Å². The summed E-state index contributed by atoms with van der Waals surface area (Å²) in [5, 5.41) is 0. The molecule has 11 heavy (non-hydrogen) atoms. The molecule has 0 N–H and O–H groups in total. The van der Waals surface area contributed by atoms with Crippen LogP contribution in [0.1, 0.15) is 11.1 Å². The van der Waals surface area contributed by atoms with E-state index in [1.807, 2.05) is 22.9 Å². The van der Waals surface area contributed by atoms with E-state index in [9.17, 15) is 0 Å². The second-order valence-electron chi connectivity index (χ2n) is 2.24. The van der Waals surface area contributed by atoms with Gasteiger partial charge in [0.05, 0.1) is 22.9 Å². The lowest BCUT2D eigenvalue weighted by molar-refractivity contribution is 1.47. The molecule has 0 fully saturated rings. The number of benzene rings is 1. The summed E-state index contributed by atoms with van der Waals surface area (Å²) in [6.45, 7) is 2.08. The van der Waals surface area contributed by atoms with Gasteiger partial charge in [0, 0.05) is 5.56 Å². The van der Waals surface area contributed by atoms with Crippen LogP contribution in [0.3, 0.4) is 0 Å². The summed E-state index contributed by atoms with van der Waals surface area (Å²) in [6.07, 6.45) is 0. The van der Waals surface area contributed by atoms with Gasteiger partial charge in [0.25, 0.3) is 0 Å². The molecule has 1 aromatic carbocycles. The third kappa shape index (κ3) is 2.70. The summed E-state index contributed by atoms with van der Waals surface area (Å²) >= 11 is 4.23. The second-order valence-corrected chi connectivity index (χ2v) is 3.75. The van der Waals surface area contributed by atoms with Gasteiger partial charge < -0.3 is 0 Å². The van der Waals surface area contributed by atoms with Crippen LogP contribution < -0.4 is 0 Å². The zero-order valence-electron chi connectivity index (χ0n) is 6.01. The Bertz CT molecular complexity index is 264. The predicted molar refractivity (Wildman–Crippen MR) is 65.8 cm³/mol. The van der Waals surface area contributed by atoms with Gasteiger partial charge in [0.1, 0.15) is 3.72 Å². The number of hydrogen-bond donors (Lipinski definition) is 0. The van der Waals surface area contributed by atoms with Gasteiger partial charge in [0.2, 0.25) is 0 Å². The van der Waals surface area contributed by atoms with Crippen LogP contribution in [0, 0.1) is 6.92 Å². The fourth-order valence-electron chi connectivity index (χ4n) is 0.740. The Kier molecular flexibility index (Phi) is 3.77. The van der Waals surface area contributed by atoms with Gasteiger partial charge in [-0.25, -0.2) is 3.21 Å². The van der Waals surface area contributed by atoms with Gasteiger partial charge >= 0.3 is 0 Å². The molecule has 0 aliphatic rings. The molecule has 0 radical (unpaired) electrons. The molecule has 0 spiro atoms. The van der Waals surface area contributed by atoms with E-state index in [4.69, 9.17) is 0 Å². The van der Waals surface area contributed by atoms with E-state index in [1.165, 1.54) is 11.1 Å². The number of aryl methyl sites for hydroxylation is 1. The third-order valence-corrected chi connectivity index (χ3v) is 3.63. The molecule has 0 amide bonds. The molecule has 0 bridgehead atoms.